The van der Waals surface area contributed by atoms with Gasteiger partial charge in [-0.1, -0.05) is 24.3 Å². The van der Waals surface area contributed by atoms with Gasteiger partial charge in [0.25, 0.3) is 0 Å². The second-order valence-corrected chi connectivity index (χ2v) is 6.20. The lowest BCUT2D eigenvalue weighted by atomic mass is 10.1. The molecule has 1 aliphatic heterocycles. The maximum absolute atomic E-state index is 5.01. The minimum atomic E-state index is 0.413. The van der Waals surface area contributed by atoms with Crippen LogP contribution in [0.5, 0.6) is 6.01 Å². The average Bonchev–Trinajstić information content (AvgIpc) is 2.69. The molecule has 0 unspecified atom stereocenters. The standard InChI is InChI=1S/C19H21N5O/c1-25-19-21-12-15(13-22-19)14-23-8-10-24(11-9-23)18-17-5-3-2-4-16(17)6-7-20-18/h2-7,12-13H,8-11,14H2,1H3. The first-order valence-corrected chi connectivity index (χ1v) is 8.49. The van der Waals surface area contributed by atoms with E-state index in [0.29, 0.717) is 6.01 Å². The number of fused-ring (bicyclic) bond motifs is 1. The van der Waals surface area contributed by atoms with E-state index in [0.717, 1.165) is 44.1 Å². The van der Waals surface area contributed by atoms with Crippen molar-refractivity contribution in [3.05, 3.63) is 54.5 Å². The van der Waals surface area contributed by atoms with Crippen LogP contribution in [0.25, 0.3) is 10.8 Å². The maximum Gasteiger partial charge on any atom is 0.316 e. The summed E-state index contributed by atoms with van der Waals surface area (Å²) in [5.41, 5.74) is 1.11. The predicted octanol–water partition coefficient (Wildman–Crippen LogP) is 2.36. The molecule has 0 aliphatic carbocycles. The molecule has 2 aromatic heterocycles. The first kappa shape index (κ1) is 15.8. The van der Waals surface area contributed by atoms with Crippen molar-refractivity contribution in [3.63, 3.8) is 0 Å². The molecule has 25 heavy (non-hydrogen) atoms. The van der Waals surface area contributed by atoms with Gasteiger partial charge in [0.05, 0.1) is 7.11 Å². The van der Waals surface area contributed by atoms with Gasteiger partial charge in [-0.25, -0.2) is 15.0 Å². The number of benzene rings is 1. The molecule has 6 heteroatoms. The molecule has 3 heterocycles. The van der Waals surface area contributed by atoms with Gasteiger partial charge in [0.2, 0.25) is 0 Å². The van der Waals surface area contributed by atoms with Crippen LogP contribution in [0.2, 0.25) is 0 Å². The van der Waals surface area contributed by atoms with Crippen molar-refractivity contribution in [2.45, 2.75) is 6.54 Å². The molecule has 0 atom stereocenters. The van der Waals surface area contributed by atoms with E-state index >= 15 is 0 Å². The van der Waals surface area contributed by atoms with Crippen LogP contribution in [-0.2, 0) is 6.54 Å². The third kappa shape index (κ3) is 3.39. The minimum Gasteiger partial charge on any atom is -0.467 e. The Labute approximate surface area is 147 Å². The second kappa shape index (κ2) is 7.03. The fraction of sp³-hybridized carbons (Fsp3) is 0.316. The molecule has 0 radical (unpaired) electrons. The van der Waals surface area contributed by atoms with Gasteiger partial charge < -0.3 is 9.64 Å². The predicted molar refractivity (Wildman–Crippen MR) is 97.8 cm³/mol. The number of anilines is 1. The monoisotopic (exact) mass is 335 g/mol. The smallest absolute Gasteiger partial charge is 0.316 e. The van der Waals surface area contributed by atoms with Gasteiger partial charge in [0.15, 0.2) is 0 Å². The van der Waals surface area contributed by atoms with E-state index in [1.165, 1.54) is 10.8 Å². The summed E-state index contributed by atoms with van der Waals surface area (Å²) in [5.74, 6) is 1.09. The summed E-state index contributed by atoms with van der Waals surface area (Å²) < 4.78 is 5.01. The largest absolute Gasteiger partial charge is 0.467 e. The number of aromatic nitrogens is 3. The van der Waals surface area contributed by atoms with Crippen LogP contribution in [-0.4, -0.2) is 53.1 Å². The second-order valence-electron chi connectivity index (χ2n) is 6.20. The number of pyridine rings is 1. The molecular weight excluding hydrogens is 314 g/mol. The highest BCUT2D eigenvalue weighted by atomic mass is 16.5. The van der Waals surface area contributed by atoms with Crippen molar-refractivity contribution in [1.82, 2.24) is 19.9 Å². The van der Waals surface area contributed by atoms with E-state index in [1.807, 2.05) is 18.6 Å². The Kier molecular flexibility index (Phi) is 4.43. The van der Waals surface area contributed by atoms with Crippen molar-refractivity contribution in [2.75, 3.05) is 38.2 Å². The molecule has 4 rings (SSSR count). The fourth-order valence-corrected chi connectivity index (χ4v) is 3.26. The number of hydrogen-bond donors (Lipinski definition) is 0. The molecule has 1 saturated heterocycles. The van der Waals surface area contributed by atoms with E-state index < -0.39 is 0 Å². The van der Waals surface area contributed by atoms with Crippen molar-refractivity contribution in [2.24, 2.45) is 0 Å². The molecule has 6 nitrogen and oxygen atoms in total. The third-order valence-electron chi connectivity index (χ3n) is 4.59. The zero-order valence-electron chi connectivity index (χ0n) is 14.3. The summed E-state index contributed by atoms with van der Waals surface area (Å²) in [6.45, 7) is 4.80. The summed E-state index contributed by atoms with van der Waals surface area (Å²) in [6.07, 6.45) is 5.58. The molecule has 0 bridgehead atoms. The number of rotatable bonds is 4. The first-order valence-electron chi connectivity index (χ1n) is 8.49. The Morgan fingerprint density at radius 3 is 2.48 bits per heavy atom. The van der Waals surface area contributed by atoms with Gasteiger partial charge in [-0.05, 0) is 11.5 Å². The van der Waals surface area contributed by atoms with Gasteiger partial charge in [0.1, 0.15) is 5.82 Å². The average molecular weight is 335 g/mol. The topological polar surface area (TPSA) is 54.4 Å². The third-order valence-corrected chi connectivity index (χ3v) is 4.59. The van der Waals surface area contributed by atoms with E-state index in [1.54, 1.807) is 7.11 Å². The van der Waals surface area contributed by atoms with Gasteiger partial charge in [-0.15, -0.1) is 0 Å². The lowest BCUT2D eigenvalue weighted by Crippen LogP contribution is -2.46. The van der Waals surface area contributed by atoms with Gasteiger partial charge in [-0.3, -0.25) is 4.90 Å². The van der Waals surface area contributed by atoms with E-state index in [4.69, 9.17) is 4.74 Å². The molecule has 0 amide bonds. The Balaban J connectivity index is 1.42. The van der Waals surface area contributed by atoms with Crippen LogP contribution < -0.4 is 9.64 Å². The fourth-order valence-electron chi connectivity index (χ4n) is 3.26. The Morgan fingerprint density at radius 2 is 1.72 bits per heavy atom. The van der Waals surface area contributed by atoms with Crippen LogP contribution in [0.4, 0.5) is 5.82 Å². The summed E-state index contributed by atoms with van der Waals surface area (Å²) in [7, 11) is 1.58. The van der Waals surface area contributed by atoms with Crippen molar-refractivity contribution < 1.29 is 4.74 Å². The molecule has 0 N–H and O–H groups in total. The summed E-state index contributed by atoms with van der Waals surface area (Å²) >= 11 is 0. The molecule has 1 aromatic carbocycles. The summed E-state index contributed by atoms with van der Waals surface area (Å²) in [6, 6.07) is 10.9. The van der Waals surface area contributed by atoms with Crippen LogP contribution in [0, 0.1) is 0 Å². The van der Waals surface area contributed by atoms with E-state index in [9.17, 15) is 0 Å². The zero-order chi connectivity index (χ0) is 17.1. The molecule has 1 fully saturated rings. The van der Waals surface area contributed by atoms with Gasteiger partial charge in [-0.2, -0.15) is 0 Å². The molecule has 128 valence electrons. The quantitative estimate of drug-likeness (QED) is 0.729. The number of methoxy groups -OCH3 is 1. The van der Waals surface area contributed by atoms with Crippen LogP contribution in [0.1, 0.15) is 5.56 Å². The normalized spacial score (nSPS) is 15.5. The molecule has 0 saturated carbocycles. The van der Waals surface area contributed by atoms with Gasteiger partial charge >= 0.3 is 6.01 Å². The Morgan fingerprint density at radius 1 is 0.960 bits per heavy atom. The van der Waals surface area contributed by atoms with Crippen LogP contribution in [0.15, 0.2) is 48.9 Å². The highest BCUT2D eigenvalue weighted by Gasteiger charge is 2.19. The van der Waals surface area contributed by atoms with Crippen molar-refractivity contribution in [3.8, 4) is 6.01 Å². The SMILES string of the molecule is COc1ncc(CN2CCN(c3nccc4ccccc34)CC2)cn1. The Bertz CT molecular complexity index is 839. The summed E-state index contributed by atoms with van der Waals surface area (Å²) in [4.78, 5) is 17.8. The highest BCUT2D eigenvalue weighted by Crippen LogP contribution is 2.25. The van der Waals surface area contributed by atoms with Crippen molar-refractivity contribution >= 4 is 16.6 Å². The maximum atomic E-state index is 5.01. The first-order chi connectivity index (χ1) is 12.3. The number of nitrogens with zero attached hydrogens (tertiary/aromatic N) is 5. The lowest BCUT2D eigenvalue weighted by molar-refractivity contribution is 0.248. The highest BCUT2D eigenvalue weighted by molar-refractivity contribution is 5.92. The zero-order valence-corrected chi connectivity index (χ0v) is 14.3. The summed E-state index contributed by atoms with van der Waals surface area (Å²) in [5, 5.41) is 2.47. The van der Waals surface area contributed by atoms with Gasteiger partial charge in [0, 0.05) is 62.3 Å². The number of piperazine rings is 1. The van der Waals surface area contributed by atoms with Crippen molar-refractivity contribution in [1.29, 1.82) is 0 Å². The molecule has 1 aliphatic rings. The van der Waals surface area contributed by atoms with E-state index in [2.05, 4.69) is 55.1 Å². The number of hydrogen-bond acceptors (Lipinski definition) is 6. The minimum absolute atomic E-state index is 0.413. The molecular formula is C19H21N5O. The van der Waals surface area contributed by atoms with E-state index in [-0.39, 0.29) is 0 Å². The molecule has 0 spiro atoms. The van der Waals surface area contributed by atoms with Crippen LogP contribution in [0.3, 0.4) is 0 Å². The van der Waals surface area contributed by atoms with Crippen LogP contribution >= 0.6 is 0 Å². The lowest BCUT2D eigenvalue weighted by Gasteiger charge is -2.35. The Hall–Kier alpha value is -2.73. The molecule has 3 aromatic rings. The number of ether oxygens (including phenoxy) is 1.